The molecule has 2 aromatic carbocycles. The average Bonchev–Trinajstić information content (AvgIpc) is 2.60. The van der Waals surface area contributed by atoms with Gasteiger partial charge in [-0.05, 0) is 23.6 Å². The van der Waals surface area contributed by atoms with Crippen molar-refractivity contribution in [3.8, 4) is 0 Å². The second-order valence-corrected chi connectivity index (χ2v) is 6.19. The Hall–Kier alpha value is -2.60. The number of hydrogen-bond acceptors (Lipinski definition) is 4. The van der Waals surface area contributed by atoms with Gasteiger partial charge in [0.1, 0.15) is 0 Å². The Morgan fingerprint density at radius 2 is 1.65 bits per heavy atom. The summed E-state index contributed by atoms with van der Waals surface area (Å²) < 4.78 is 0. The first-order valence-electron chi connectivity index (χ1n) is 8.11. The second kappa shape index (κ2) is 9.77. The molecule has 0 saturated heterocycles. The number of carbonyl (C=O) groups is 1. The molecular formula is C19H24ClN3O3. The summed E-state index contributed by atoms with van der Waals surface area (Å²) in [6.07, 6.45) is 1.01. The van der Waals surface area contributed by atoms with Crippen LogP contribution in [-0.2, 0) is 17.6 Å². The van der Waals surface area contributed by atoms with Gasteiger partial charge in [0.25, 0.3) is 5.69 Å². The number of halogens is 1. The van der Waals surface area contributed by atoms with E-state index in [1.54, 1.807) is 24.1 Å². The minimum absolute atomic E-state index is 0. The lowest BCUT2D eigenvalue weighted by Crippen LogP contribution is -2.30. The third-order valence-corrected chi connectivity index (χ3v) is 4.12. The lowest BCUT2D eigenvalue weighted by Gasteiger charge is -2.21. The predicted molar refractivity (Wildman–Crippen MR) is 106 cm³/mol. The number of carbonyl (C=O) groups excluding carboxylic acids is 1. The Kier molecular flexibility index (Phi) is 8.06. The highest BCUT2D eigenvalue weighted by Crippen LogP contribution is 2.19. The molecule has 0 N–H and O–H groups in total. The molecule has 0 bridgehead atoms. The van der Waals surface area contributed by atoms with E-state index in [0.717, 1.165) is 17.7 Å². The van der Waals surface area contributed by atoms with Gasteiger partial charge in [-0.15, -0.1) is 12.4 Å². The molecule has 0 saturated carbocycles. The van der Waals surface area contributed by atoms with Crippen LogP contribution < -0.4 is 4.90 Å². The van der Waals surface area contributed by atoms with Crippen LogP contribution in [0.4, 0.5) is 11.4 Å². The second-order valence-electron chi connectivity index (χ2n) is 6.19. The van der Waals surface area contributed by atoms with E-state index in [9.17, 15) is 14.9 Å². The first kappa shape index (κ1) is 21.4. The van der Waals surface area contributed by atoms with Gasteiger partial charge in [-0.1, -0.05) is 30.3 Å². The predicted octanol–water partition coefficient (Wildman–Crippen LogP) is 3.33. The summed E-state index contributed by atoms with van der Waals surface area (Å²) in [6.45, 7) is 0.622. The van der Waals surface area contributed by atoms with Gasteiger partial charge in [0.15, 0.2) is 0 Å². The number of rotatable bonds is 7. The third kappa shape index (κ3) is 5.74. The maximum atomic E-state index is 12.4. The Morgan fingerprint density at radius 3 is 2.23 bits per heavy atom. The highest BCUT2D eigenvalue weighted by molar-refractivity contribution is 5.85. The number of hydrogen-bond donors (Lipinski definition) is 0. The van der Waals surface area contributed by atoms with Crippen molar-refractivity contribution in [2.45, 2.75) is 12.8 Å². The lowest BCUT2D eigenvalue weighted by molar-refractivity contribution is -0.384. The molecule has 0 radical (unpaired) electrons. The number of amides is 1. The zero-order chi connectivity index (χ0) is 18.4. The van der Waals surface area contributed by atoms with Crippen molar-refractivity contribution in [1.82, 2.24) is 4.90 Å². The van der Waals surface area contributed by atoms with E-state index in [2.05, 4.69) is 17.0 Å². The summed E-state index contributed by atoms with van der Waals surface area (Å²) in [5, 5.41) is 10.7. The Labute approximate surface area is 160 Å². The van der Waals surface area contributed by atoms with Gasteiger partial charge >= 0.3 is 0 Å². The number of likely N-dealkylation sites (N-methyl/N-ethyl adjacent to an activating group) is 1. The largest absolute Gasteiger partial charge is 0.377 e. The first-order valence-corrected chi connectivity index (χ1v) is 8.11. The normalized spacial score (nSPS) is 9.96. The van der Waals surface area contributed by atoms with Crippen LogP contribution in [-0.4, -0.2) is 43.4 Å². The molecule has 0 aliphatic carbocycles. The molecule has 0 aliphatic rings. The van der Waals surface area contributed by atoms with Crippen LogP contribution in [0.25, 0.3) is 0 Å². The fraction of sp³-hybridized carbons (Fsp3) is 0.316. The molecule has 0 atom stereocenters. The molecule has 0 aromatic heterocycles. The quantitative estimate of drug-likeness (QED) is 0.548. The molecule has 0 heterocycles. The summed E-state index contributed by atoms with van der Waals surface area (Å²) in [4.78, 5) is 26.3. The van der Waals surface area contributed by atoms with E-state index in [-0.39, 0.29) is 30.4 Å². The minimum atomic E-state index is -0.445. The molecule has 0 unspecified atom stereocenters. The van der Waals surface area contributed by atoms with Gasteiger partial charge in [0.2, 0.25) is 5.91 Å². The molecule has 0 aliphatic heterocycles. The summed E-state index contributed by atoms with van der Waals surface area (Å²) in [7, 11) is 5.79. The van der Waals surface area contributed by atoms with E-state index < -0.39 is 4.92 Å². The summed E-state index contributed by atoms with van der Waals surface area (Å²) in [5.74, 6) is -0.00353. The number of anilines is 1. The number of para-hydroxylation sites is 1. The Balaban J connectivity index is 0.00000338. The van der Waals surface area contributed by atoms with Crippen molar-refractivity contribution in [3.63, 3.8) is 0 Å². The van der Waals surface area contributed by atoms with Crippen LogP contribution in [0.3, 0.4) is 0 Å². The summed E-state index contributed by atoms with van der Waals surface area (Å²) in [6, 6.07) is 14.3. The zero-order valence-electron chi connectivity index (χ0n) is 15.2. The lowest BCUT2D eigenvalue weighted by atomic mass is 10.1. The van der Waals surface area contributed by atoms with Gasteiger partial charge < -0.3 is 9.80 Å². The third-order valence-electron chi connectivity index (χ3n) is 4.12. The number of nitrogens with zero attached hydrogens (tertiary/aromatic N) is 3. The molecule has 140 valence electrons. The number of nitro groups is 1. The molecule has 0 spiro atoms. The molecule has 2 rings (SSSR count). The molecule has 0 fully saturated rings. The molecule has 1 amide bonds. The maximum Gasteiger partial charge on any atom is 0.269 e. The fourth-order valence-electron chi connectivity index (χ4n) is 2.62. The molecule has 7 heteroatoms. The molecule has 6 nitrogen and oxygen atoms in total. The number of benzene rings is 2. The fourth-order valence-corrected chi connectivity index (χ4v) is 2.62. The summed E-state index contributed by atoms with van der Waals surface area (Å²) in [5.41, 5.74) is 3.15. The van der Waals surface area contributed by atoms with Crippen LogP contribution in [0.15, 0.2) is 48.5 Å². The van der Waals surface area contributed by atoms with Crippen molar-refractivity contribution in [2.24, 2.45) is 0 Å². The van der Waals surface area contributed by atoms with Crippen molar-refractivity contribution >= 4 is 29.7 Å². The monoisotopic (exact) mass is 377 g/mol. The van der Waals surface area contributed by atoms with Crippen LogP contribution >= 0.6 is 12.4 Å². The van der Waals surface area contributed by atoms with Crippen LogP contribution in [0, 0.1) is 10.1 Å². The van der Waals surface area contributed by atoms with Gasteiger partial charge in [0, 0.05) is 45.5 Å². The van der Waals surface area contributed by atoms with Crippen molar-refractivity contribution < 1.29 is 9.72 Å². The van der Waals surface area contributed by atoms with E-state index in [0.29, 0.717) is 6.54 Å². The standard InChI is InChI=1S/C19H23N3O3.ClH/c1-20(2)18-7-5-4-6-16(18)12-13-21(3)19(23)14-15-8-10-17(11-9-15)22(24)25;/h4-11H,12-14H2,1-3H3;1H. The maximum absolute atomic E-state index is 12.4. The number of nitro benzene ring substituents is 1. The highest BCUT2D eigenvalue weighted by atomic mass is 35.5. The number of non-ortho nitro benzene ring substituents is 1. The van der Waals surface area contributed by atoms with Crippen molar-refractivity contribution in [2.75, 3.05) is 32.6 Å². The SMILES string of the molecule is CN(CCc1ccccc1N(C)C)C(=O)Cc1ccc([N+](=O)[O-])cc1.Cl. The Bertz CT molecular complexity index is 748. The minimum Gasteiger partial charge on any atom is -0.377 e. The van der Waals surface area contributed by atoms with E-state index >= 15 is 0 Å². The van der Waals surface area contributed by atoms with Crippen molar-refractivity contribution in [3.05, 3.63) is 69.8 Å². The smallest absolute Gasteiger partial charge is 0.269 e. The molecule has 2 aromatic rings. The van der Waals surface area contributed by atoms with Crippen LogP contribution in [0.1, 0.15) is 11.1 Å². The molecule has 26 heavy (non-hydrogen) atoms. The van der Waals surface area contributed by atoms with Crippen molar-refractivity contribution in [1.29, 1.82) is 0 Å². The zero-order valence-corrected chi connectivity index (χ0v) is 16.0. The van der Waals surface area contributed by atoms with Crippen LogP contribution in [0.2, 0.25) is 0 Å². The van der Waals surface area contributed by atoms with Gasteiger partial charge in [-0.3, -0.25) is 14.9 Å². The average molecular weight is 378 g/mol. The van der Waals surface area contributed by atoms with E-state index in [1.165, 1.54) is 17.7 Å². The van der Waals surface area contributed by atoms with Gasteiger partial charge in [0.05, 0.1) is 11.3 Å². The Morgan fingerprint density at radius 1 is 1.04 bits per heavy atom. The highest BCUT2D eigenvalue weighted by Gasteiger charge is 2.12. The first-order chi connectivity index (χ1) is 11.9. The van der Waals surface area contributed by atoms with E-state index in [1.807, 2.05) is 26.2 Å². The topological polar surface area (TPSA) is 66.7 Å². The molecular weight excluding hydrogens is 354 g/mol. The van der Waals surface area contributed by atoms with Gasteiger partial charge in [-0.25, -0.2) is 0 Å². The summed E-state index contributed by atoms with van der Waals surface area (Å²) >= 11 is 0. The van der Waals surface area contributed by atoms with Gasteiger partial charge in [-0.2, -0.15) is 0 Å². The van der Waals surface area contributed by atoms with E-state index in [4.69, 9.17) is 0 Å². The van der Waals surface area contributed by atoms with Crippen LogP contribution in [0.5, 0.6) is 0 Å².